The number of rotatable bonds is 3. The summed E-state index contributed by atoms with van der Waals surface area (Å²) >= 11 is 0. The number of carbonyl (C=O) groups is 1. The zero-order chi connectivity index (χ0) is 13.1. The molecule has 5 heteroatoms. The molecule has 17 heavy (non-hydrogen) atoms. The van der Waals surface area contributed by atoms with Crippen molar-refractivity contribution < 1.29 is 18.0 Å². The summed E-state index contributed by atoms with van der Waals surface area (Å²) in [6, 6.07) is 5.46. The van der Waals surface area contributed by atoms with E-state index in [0.29, 0.717) is 11.8 Å². The molecule has 1 aromatic carbocycles. The summed E-state index contributed by atoms with van der Waals surface area (Å²) in [5.41, 5.74) is 2.62. The molecule has 1 aromatic rings. The number of nitrogens with one attached hydrogen (secondary N) is 1. The summed E-state index contributed by atoms with van der Waals surface area (Å²) in [5.74, 6) is -1.88. The number of ketones is 1. The highest BCUT2D eigenvalue weighted by Gasteiger charge is 2.35. The minimum Gasteiger partial charge on any atom is -0.361 e. The van der Waals surface area contributed by atoms with Crippen molar-refractivity contribution >= 4 is 11.5 Å². The molecule has 0 saturated carbocycles. The van der Waals surface area contributed by atoms with E-state index in [1.54, 1.807) is 6.07 Å². The minimum absolute atomic E-state index is 0.472. The molecule has 0 bridgehead atoms. The lowest BCUT2D eigenvalue weighted by atomic mass is 10.1. The number of benzene rings is 1. The van der Waals surface area contributed by atoms with Gasteiger partial charge >= 0.3 is 6.18 Å². The lowest BCUT2D eigenvalue weighted by molar-refractivity contribution is -0.165. The molecule has 2 nitrogen and oxygen atoms in total. The van der Waals surface area contributed by atoms with E-state index in [4.69, 9.17) is 0 Å². The first-order valence-corrected chi connectivity index (χ1v) is 4.92. The van der Waals surface area contributed by atoms with Gasteiger partial charge in [0.05, 0.1) is 0 Å². The maximum atomic E-state index is 11.9. The van der Waals surface area contributed by atoms with Gasteiger partial charge in [0.1, 0.15) is 0 Å². The zero-order valence-corrected chi connectivity index (χ0v) is 9.43. The topological polar surface area (TPSA) is 29.1 Å². The van der Waals surface area contributed by atoms with Crippen molar-refractivity contribution in [1.82, 2.24) is 0 Å². The fourth-order valence-corrected chi connectivity index (χ4v) is 1.28. The highest BCUT2D eigenvalue weighted by Crippen LogP contribution is 2.18. The predicted octanol–water partition coefficient (Wildman–Crippen LogP) is 3.36. The Hall–Kier alpha value is -1.78. The average molecular weight is 243 g/mol. The summed E-state index contributed by atoms with van der Waals surface area (Å²) in [5, 5.41) is 2.64. The Balaban J connectivity index is 2.68. The SMILES string of the molecule is Cc1ccc(N/C=C/C(=O)C(F)(F)F)c(C)c1. The molecule has 1 N–H and O–H groups in total. The molecule has 0 atom stereocenters. The molecule has 0 saturated heterocycles. The number of halogens is 3. The highest BCUT2D eigenvalue weighted by atomic mass is 19.4. The largest absolute Gasteiger partial charge is 0.454 e. The first-order chi connectivity index (χ1) is 7.80. The van der Waals surface area contributed by atoms with Gasteiger partial charge in [-0.05, 0) is 25.5 Å². The van der Waals surface area contributed by atoms with Crippen LogP contribution in [0.25, 0.3) is 0 Å². The maximum Gasteiger partial charge on any atom is 0.454 e. The number of hydrogen-bond acceptors (Lipinski definition) is 2. The molecule has 0 fully saturated rings. The van der Waals surface area contributed by atoms with E-state index < -0.39 is 12.0 Å². The van der Waals surface area contributed by atoms with E-state index in [2.05, 4.69) is 5.32 Å². The molecular weight excluding hydrogens is 231 g/mol. The molecule has 0 unspecified atom stereocenters. The van der Waals surface area contributed by atoms with Gasteiger partial charge in [-0.3, -0.25) is 4.79 Å². The van der Waals surface area contributed by atoms with E-state index in [0.717, 1.165) is 17.3 Å². The summed E-state index contributed by atoms with van der Waals surface area (Å²) in [4.78, 5) is 10.5. The molecule has 0 heterocycles. The smallest absolute Gasteiger partial charge is 0.361 e. The molecule has 0 spiro atoms. The monoisotopic (exact) mass is 243 g/mol. The van der Waals surface area contributed by atoms with Gasteiger partial charge in [0.25, 0.3) is 5.78 Å². The molecule has 0 amide bonds. The van der Waals surface area contributed by atoms with E-state index in [9.17, 15) is 18.0 Å². The number of carbonyl (C=O) groups excluding carboxylic acids is 1. The first-order valence-electron chi connectivity index (χ1n) is 4.92. The molecule has 0 aliphatic carbocycles. The molecular formula is C12H12F3NO. The Kier molecular flexibility index (Phi) is 3.93. The van der Waals surface area contributed by atoms with Crippen molar-refractivity contribution in [3.05, 3.63) is 41.6 Å². The normalized spacial score (nSPS) is 11.8. The average Bonchev–Trinajstić information content (AvgIpc) is 2.19. The number of anilines is 1. The van der Waals surface area contributed by atoms with Crippen molar-refractivity contribution in [3.63, 3.8) is 0 Å². The lowest BCUT2D eigenvalue weighted by Crippen LogP contribution is -2.20. The van der Waals surface area contributed by atoms with Crippen molar-refractivity contribution in [2.45, 2.75) is 20.0 Å². The van der Waals surface area contributed by atoms with Crippen LogP contribution in [0.4, 0.5) is 18.9 Å². The van der Waals surface area contributed by atoms with Crippen molar-refractivity contribution in [3.8, 4) is 0 Å². The number of hydrogen-bond donors (Lipinski definition) is 1. The van der Waals surface area contributed by atoms with Crippen LogP contribution in [0.2, 0.25) is 0 Å². The molecule has 0 aromatic heterocycles. The number of aryl methyl sites for hydroxylation is 2. The van der Waals surface area contributed by atoms with Crippen LogP contribution >= 0.6 is 0 Å². The molecule has 0 aliphatic heterocycles. The van der Waals surface area contributed by atoms with Crippen LogP contribution in [-0.2, 0) is 4.79 Å². The van der Waals surface area contributed by atoms with Crippen LogP contribution in [0.5, 0.6) is 0 Å². The van der Waals surface area contributed by atoms with E-state index in [-0.39, 0.29) is 0 Å². The second-order valence-electron chi connectivity index (χ2n) is 3.66. The Morgan fingerprint density at radius 3 is 2.47 bits per heavy atom. The molecule has 0 aliphatic rings. The van der Waals surface area contributed by atoms with Gasteiger partial charge in [-0.1, -0.05) is 17.7 Å². The second-order valence-corrected chi connectivity index (χ2v) is 3.66. The molecule has 0 radical (unpaired) electrons. The van der Waals surface area contributed by atoms with E-state index in [1.807, 2.05) is 26.0 Å². The van der Waals surface area contributed by atoms with Gasteiger partial charge in [0, 0.05) is 18.0 Å². The fourth-order valence-electron chi connectivity index (χ4n) is 1.28. The highest BCUT2D eigenvalue weighted by molar-refractivity contribution is 5.94. The number of alkyl halides is 3. The summed E-state index contributed by atoms with van der Waals surface area (Å²) < 4.78 is 35.6. The van der Waals surface area contributed by atoms with Crippen LogP contribution < -0.4 is 5.32 Å². The summed E-state index contributed by atoms with van der Waals surface area (Å²) in [6.45, 7) is 3.74. The van der Waals surface area contributed by atoms with Crippen LogP contribution in [0.3, 0.4) is 0 Å². The van der Waals surface area contributed by atoms with Gasteiger partial charge in [-0.25, -0.2) is 0 Å². The predicted molar refractivity (Wildman–Crippen MR) is 59.7 cm³/mol. The van der Waals surface area contributed by atoms with E-state index in [1.165, 1.54) is 0 Å². The van der Waals surface area contributed by atoms with Gasteiger partial charge in [0.15, 0.2) is 0 Å². The first kappa shape index (κ1) is 13.3. The quantitative estimate of drug-likeness (QED) is 0.825. The second kappa shape index (κ2) is 5.03. The summed E-state index contributed by atoms with van der Waals surface area (Å²) in [7, 11) is 0. The Morgan fingerprint density at radius 2 is 1.94 bits per heavy atom. The van der Waals surface area contributed by atoms with Crippen LogP contribution in [0.1, 0.15) is 11.1 Å². The van der Waals surface area contributed by atoms with Crippen LogP contribution in [0.15, 0.2) is 30.5 Å². The summed E-state index contributed by atoms with van der Waals surface area (Å²) in [6.07, 6.45) is -3.35. The fraction of sp³-hybridized carbons (Fsp3) is 0.250. The number of allylic oxidation sites excluding steroid dienone is 1. The Morgan fingerprint density at radius 1 is 1.29 bits per heavy atom. The van der Waals surface area contributed by atoms with Crippen molar-refractivity contribution in [2.24, 2.45) is 0 Å². The third-order valence-electron chi connectivity index (χ3n) is 2.13. The standard InChI is InChI=1S/C12H12F3NO/c1-8-3-4-10(9(2)7-8)16-6-5-11(17)12(13,14)15/h3-7,16H,1-2H3/b6-5+. The van der Waals surface area contributed by atoms with Gasteiger partial charge in [-0.15, -0.1) is 0 Å². The Bertz CT molecular complexity index is 450. The zero-order valence-electron chi connectivity index (χ0n) is 9.43. The maximum absolute atomic E-state index is 11.9. The minimum atomic E-state index is -4.82. The van der Waals surface area contributed by atoms with E-state index >= 15 is 0 Å². The third-order valence-corrected chi connectivity index (χ3v) is 2.13. The van der Waals surface area contributed by atoms with Gasteiger partial charge in [0.2, 0.25) is 0 Å². The Labute approximate surface area is 97.1 Å². The van der Waals surface area contributed by atoms with Crippen LogP contribution in [0, 0.1) is 13.8 Å². The van der Waals surface area contributed by atoms with Crippen LogP contribution in [-0.4, -0.2) is 12.0 Å². The van der Waals surface area contributed by atoms with Gasteiger partial charge < -0.3 is 5.32 Å². The lowest BCUT2D eigenvalue weighted by Gasteiger charge is -2.06. The van der Waals surface area contributed by atoms with Gasteiger partial charge in [-0.2, -0.15) is 13.2 Å². The van der Waals surface area contributed by atoms with Crippen molar-refractivity contribution in [2.75, 3.05) is 5.32 Å². The third kappa shape index (κ3) is 3.94. The molecule has 1 rings (SSSR count). The van der Waals surface area contributed by atoms with Crippen molar-refractivity contribution in [1.29, 1.82) is 0 Å². The molecule has 92 valence electrons.